The predicted octanol–water partition coefficient (Wildman–Crippen LogP) is 1.93. The molecule has 1 unspecified atom stereocenters. The number of thioether (sulfide) groups is 1. The smallest absolute Gasteiger partial charge is 0.264 e. The van der Waals surface area contributed by atoms with Gasteiger partial charge in [-0.25, -0.2) is 4.98 Å². The van der Waals surface area contributed by atoms with Crippen LogP contribution in [0.4, 0.5) is 0 Å². The second kappa shape index (κ2) is 3.77. The average Bonchev–Trinajstić information content (AvgIpc) is 2.64. The lowest BCUT2D eigenvalue weighted by molar-refractivity contribution is 0.661. The largest absolute Gasteiger partial charge is 0.309 e. The molecule has 14 heavy (non-hydrogen) atoms. The Balaban J connectivity index is 2.47. The number of nitrogens with zero attached hydrogens (tertiary/aromatic N) is 1. The second-order valence-corrected chi connectivity index (χ2v) is 4.74. The number of rotatable bonds is 2. The van der Waals surface area contributed by atoms with E-state index in [2.05, 4.69) is 23.8 Å². The van der Waals surface area contributed by atoms with Crippen LogP contribution in [-0.2, 0) is 6.42 Å². The van der Waals surface area contributed by atoms with E-state index in [4.69, 9.17) is 0 Å². The molecule has 0 bridgehead atoms. The quantitative estimate of drug-likeness (QED) is 0.811. The maximum Gasteiger partial charge on any atom is 0.264 e. The van der Waals surface area contributed by atoms with Crippen LogP contribution >= 0.6 is 11.8 Å². The molecule has 0 aromatic carbocycles. The molecular weight excluding hydrogens is 196 g/mol. The summed E-state index contributed by atoms with van der Waals surface area (Å²) >= 11 is 1.62. The third-order valence-electron chi connectivity index (χ3n) is 2.63. The predicted molar refractivity (Wildman–Crippen MR) is 58.0 cm³/mol. The fourth-order valence-electron chi connectivity index (χ4n) is 1.52. The Morgan fingerprint density at radius 1 is 1.64 bits per heavy atom. The van der Waals surface area contributed by atoms with Gasteiger partial charge in [-0.1, -0.05) is 13.8 Å². The summed E-state index contributed by atoms with van der Waals surface area (Å²) in [6.07, 6.45) is 1.95. The molecule has 0 aliphatic carbocycles. The lowest BCUT2D eigenvalue weighted by Gasteiger charge is -2.08. The van der Waals surface area contributed by atoms with Gasteiger partial charge in [-0.2, -0.15) is 0 Å². The highest BCUT2D eigenvalue weighted by Crippen LogP contribution is 2.27. The van der Waals surface area contributed by atoms with Gasteiger partial charge in [-0.15, -0.1) is 11.8 Å². The fraction of sp³-hybridized carbons (Fsp3) is 0.600. The highest BCUT2D eigenvalue weighted by molar-refractivity contribution is 7.99. The van der Waals surface area contributed by atoms with Crippen molar-refractivity contribution < 1.29 is 0 Å². The van der Waals surface area contributed by atoms with Crippen LogP contribution in [-0.4, -0.2) is 15.7 Å². The Hall–Kier alpha value is -0.770. The van der Waals surface area contributed by atoms with Crippen LogP contribution in [0.3, 0.4) is 0 Å². The average molecular weight is 210 g/mol. The zero-order valence-electron chi connectivity index (χ0n) is 8.46. The summed E-state index contributed by atoms with van der Waals surface area (Å²) in [4.78, 5) is 19.8. The van der Waals surface area contributed by atoms with Crippen LogP contribution in [0.2, 0.25) is 0 Å². The van der Waals surface area contributed by atoms with Crippen LogP contribution in [0, 0.1) is 0 Å². The SMILES string of the molecule is CCC(C)c1nc2c(c(=O)[nH]1)SCC2. The molecule has 3 nitrogen and oxygen atoms in total. The number of aryl methyl sites for hydroxylation is 1. The summed E-state index contributed by atoms with van der Waals surface area (Å²) < 4.78 is 0. The van der Waals surface area contributed by atoms with E-state index >= 15 is 0 Å². The van der Waals surface area contributed by atoms with Gasteiger partial charge in [0.1, 0.15) is 5.82 Å². The monoisotopic (exact) mass is 210 g/mol. The molecule has 2 heterocycles. The molecule has 1 aliphatic rings. The maximum atomic E-state index is 11.6. The Morgan fingerprint density at radius 3 is 3.14 bits per heavy atom. The molecule has 2 rings (SSSR count). The molecule has 76 valence electrons. The number of hydrogen-bond donors (Lipinski definition) is 1. The summed E-state index contributed by atoms with van der Waals surface area (Å²) in [5.74, 6) is 2.19. The van der Waals surface area contributed by atoms with Gasteiger partial charge in [0.05, 0.1) is 10.6 Å². The first-order valence-electron chi connectivity index (χ1n) is 4.98. The van der Waals surface area contributed by atoms with Crippen LogP contribution in [0.5, 0.6) is 0 Å². The highest BCUT2D eigenvalue weighted by atomic mass is 32.2. The highest BCUT2D eigenvalue weighted by Gasteiger charge is 2.19. The summed E-state index contributed by atoms with van der Waals surface area (Å²) in [6.45, 7) is 4.19. The van der Waals surface area contributed by atoms with Gasteiger partial charge in [0.25, 0.3) is 5.56 Å². The second-order valence-electron chi connectivity index (χ2n) is 3.63. The van der Waals surface area contributed by atoms with Crippen molar-refractivity contribution in [2.24, 2.45) is 0 Å². The van der Waals surface area contributed by atoms with Crippen molar-refractivity contribution in [1.82, 2.24) is 9.97 Å². The summed E-state index contributed by atoms with van der Waals surface area (Å²) in [7, 11) is 0. The molecule has 1 aromatic rings. The molecule has 1 atom stereocenters. The molecule has 0 spiro atoms. The molecule has 0 fully saturated rings. The van der Waals surface area contributed by atoms with Gasteiger partial charge in [0, 0.05) is 18.1 Å². The number of H-pyrrole nitrogens is 1. The Morgan fingerprint density at radius 2 is 2.43 bits per heavy atom. The zero-order valence-corrected chi connectivity index (χ0v) is 9.28. The molecule has 1 aromatic heterocycles. The standard InChI is InChI=1S/C10H14N2OS/c1-3-6(2)9-11-7-4-5-14-8(7)10(13)12-9/h6H,3-5H2,1-2H3,(H,11,12,13). The normalized spacial score (nSPS) is 16.7. The maximum absolute atomic E-state index is 11.6. The Kier molecular flexibility index (Phi) is 2.63. The third kappa shape index (κ3) is 1.59. The van der Waals surface area contributed by atoms with Gasteiger partial charge in [-0.3, -0.25) is 4.79 Å². The van der Waals surface area contributed by atoms with E-state index in [1.54, 1.807) is 11.8 Å². The topological polar surface area (TPSA) is 45.8 Å². The minimum absolute atomic E-state index is 0.0489. The van der Waals surface area contributed by atoms with Crippen LogP contribution in [0.15, 0.2) is 9.69 Å². The molecule has 0 radical (unpaired) electrons. The lowest BCUT2D eigenvalue weighted by Crippen LogP contribution is -2.16. The molecule has 1 N–H and O–H groups in total. The van der Waals surface area contributed by atoms with Gasteiger partial charge in [0.2, 0.25) is 0 Å². The van der Waals surface area contributed by atoms with Gasteiger partial charge in [0.15, 0.2) is 0 Å². The molecule has 1 aliphatic heterocycles. The Bertz CT molecular complexity index is 400. The zero-order chi connectivity index (χ0) is 10.1. The summed E-state index contributed by atoms with van der Waals surface area (Å²) in [5.41, 5.74) is 1.04. The molecule has 4 heteroatoms. The summed E-state index contributed by atoms with van der Waals surface area (Å²) in [5, 5.41) is 0. The van der Waals surface area contributed by atoms with E-state index in [9.17, 15) is 4.79 Å². The van der Waals surface area contributed by atoms with Crippen molar-refractivity contribution in [1.29, 1.82) is 0 Å². The number of nitrogens with one attached hydrogen (secondary N) is 1. The number of hydrogen-bond acceptors (Lipinski definition) is 3. The first-order valence-corrected chi connectivity index (χ1v) is 5.96. The van der Waals surface area contributed by atoms with Gasteiger partial charge in [-0.05, 0) is 6.42 Å². The van der Waals surface area contributed by atoms with E-state index in [0.29, 0.717) is 5.92 Å². The van der Waals surface area contributed by atoms with Crippen molar-refractivity contribution in [2.75, 3.05) is 5.75 Å². The first-order chi connectivity index (χ1) is 6.72. The van der Waals surface area contributed by atoms with Gasteiger partial charge >= 0.3 is 0 Å². The number of aromatic nitrogens is 2. The van der Waals surface area contributed by atoms with Crippen molar-refractivity contribution in [3.63, 3.8) is 0 Å². The Labute approximate surface area is 87.3 Å². The first kappa shape index (κ1) is 9.77. The minimum atomic E-state index is 0.0489. The van der Waals surface area contributed by atoms with Crippen molar-refractivity contribution in [3.05, 3.63) is 21.9 Å². The molecular formula is C10H14N2OS. The van der Waals surface area contributed by atoms with Crippen molar-refractivity contribution in [2.45, 2.75) is 37.5 Å². The van der Waals surface area contributed by atoms with E-state index < -0.39 is 0 Å². The minimum Gasteiger partial charge on any atom is -0.309 e. The van der Waals surface area contributed by atoms with E-state index in [1.165, 1.54) is 0 Å². The van der Waals surface area contributed by atoms with E-state index in [0.717, 1.165) is 35.0 Å². The molecule has 0 saturated carbocycles. The summed E-state index contributed by atoms with van der Waals surface area (Å²) in [6, 6.07) is 0. The van der Waals surface area contributed by atoms with E-state index in [1.807, 2.05) is 0 Å². The molecule has 0 saturated heterocycles. The van der Waals surface area contributed by atoms with Crippen molar-refractivity contribution in [3.8, 4) is 0 Å². The van der Waals surface area contributed by atoms with E-state index in [-0.39, 0.29) is 5.56 Å². The fourth-order valence-corrected chi connectivity index (χ4v) is 2.52. The number of fused-ring (bicyclic) bond motifs is 1. The number of aromatic amines is 1. The van der Waals surface area contributed by atoms with Crippen LogP contribution < -0.4 is 5.56 Å². The lowest BCUT2D eigenvalue weighted by atomic mass is 10.1. The van der Waals surface area contributed by atoms with Crippen molar-refractivity contribution >= 4 is 11.8 Å². The molecule has 0 amide bonds. The van der Waals surface area contributed by atoms with Crippen LogP contribution in [0.1, 0.15) is 37.7 Å². The van der Waals surface area contributed by atoms with Gasteiger partial charge < -0.3 is 4.98 Å². The third-order valence-corrected chi connectivity index (χ3v) is 3.75. The van der Waals surface area contributed by atoms with Crippen LogP contribution in [0.25, 0.3) is 0 Å².